The maximum atomic E-state index is 5.71. The molecule has 0 radical (unpaired) electrons. The largest absolute Gasteiger partial charge is 0.492 e. The summed E-state index contributed by atoms with van der Waals surface area (Å²) in [6.07, 6.45) is 1.92. The van der Waals surface area contributed by atoms with Gasteiger partial charge in [0.1, 0.15) is 5.75 Å². The lowest BCUT2D eigenvalue weighted by Gasteiger charge is -2.13. The van der Waals surface area contributed by atoms with Crippen molar-refractivity contribution in [3.05, 3.63) is 42.7 Å². The second-order valence-corrected chi connectivity index (χ2v) is 7.35. The summed E-state index contributed by atoms with van der Waals surface area (Å²) in [5, 5.41) is 4.53. The molecule has 2 aromatic rings. The minimum absolute atomic E-state index is 0.654. The van der Waals surface area contributed by atoms with Crippen molar-refractivity contribution < 1.29 is 4.74 Å². The van der Waals surface area contributed by atoms with E-state index in [2.05, 4.69) is 48.2 Å². The van der Waals surface area contributed by atoms with Crippen molar-refractivity contribution in [2.24, 2.45) is 0 Å². The van der Waals surface area contributed by atoms with Gasteiger partial charge in [-0.3, -0.25) is 0 Å². The van der Waals surface area contributed by atoms with Gasteiger partial charge in [0, 0.05) is 34.2 Å². The molecule has 1 aromatic heterocycles. The van der Waals surface area contributed by atoms with Crippen molar-refractivity contribution in [3.63, 3.8) is 0 Å². The van der Waals surface area contributed by atoms with Gasteiger partial charge in [-0.15, -0.1) is 11.3 Å². The second-order valence-electron chi connectivity index (χ2n) is 4.26. The number of thiazole rings is 1. The van der Waals surface area contributed by atoms with Crippen LogP contribution in [0.25, 0.3) is 0 Å². The molecule has 3 nitrogen and oxygen atoms in total. The maximum Gasteiger partial charge on any atom is 0.138 e. The number of benzene rings is 1. The molecule has 0 amide bonds. The third-order valence-electron chi connectivity index (χ3n) is 2.66. The monoisotopic (exact) mass is 418 g/mol. The Labute approximate surface area is 140 Å². The molecular weight excluding hydrogens is 404 g/mol. The zero-order valence-electron chi connectivity index (χ0n) is 11.4. The van der Waals surface area contributed by atoms with E-state index in [-0.39, 0.29) is 0 Å². The third-order valence-corrected chi connectivity index (χ3v) is 4.62. The molecule has 0 aliphatic heterocycles. The van der Waals surface area contributed by atoms with E-state index in [0.29, 0.717) is 6.61 Å². The molecule has 0 unspecified atom stereocenters. The van der Waals surface area contributed by atoms with Gasteiger partial charge in [0.2, 0.25) is 0 Å². The van der Waals surface area contributed by atoms with E-state index in [1.54, 1.807) is 11.3 Å². The van der Waals surface area contributed by atoms with Gasteiger partial charge in [0.05, 0.1) is 16.1 Å². The SMILES string of the molecule is CCOc1c(Br)cc(Br)cc1CNCc1cnc(C)s1. The number of aryl methyl sites for hydroxylation is 1. The number of halogens is 2. The average Bonchev–Trinajstić information content (AvgIpc) is 2.79. The summed E-state index contributed by atoms with van der Waals surface area (Å²) < 4.78 is 7.72. The van der Waals surface area contributed by atoms with E-state index in [0.717, 1.165) is 38.4 Å². The molecule has 108 valence electrons. The van der Waals surface area contributed by atoms with Gasteiger partial charge in [-0.05, 0) is 41.9 Å². The fraction of sp³-hybridized carbons (Fsp3) is 0.357. The van der Waals surface area contributed by atoms with Crippen LogP contribution in [-0.4, -0.2) is 11.6 Å². The highest BCUT2D eigenvalue weighted by Crippen LogP contribution is 2.33. The van der Waals surface area contributed by atoms with Crippen molar-refractivity contribution in [1.29, 1.82) is 0 Å². The molecule has 0 saturated heterocycles. The number of hydrogen-bond acceptors (Lipinski definition) is 4. The molecule has 0 saturated carbocycles. The molecule has 0 atom stereocenters. The van der Waals surface area contributed by atoms with Gasteiger partial charge in [0.25, 0.3) is 0 Å². The lowest BCUT2D eigenvalue weighted by molar-refractivity contribution is 0.333. The topological polar surface area (TPSA) is 34.1 Å². The Morgan fingerprint density at radius 2 is 2.10 bits per heavy atom. The van der Waals surface area contributed by atoms with Crippen LogP contribution >= 0.6 is 43.2 Å². The van der Waals surface area contributed by atoms with E-state index in [1.807, 2.05) is 26.1 Å². The number of rotatable bonds is 6. The van der Waals surface area contributed by atoms with E-state index in [9.17, 15) is 0 Å². The van der Waals surface area contributed by atoms with Crippen molar-refractivity contribution in [2.75, 3.05) is 6.61 Å². The number of nitrogens with one attached hydrogen (secondary N) is 1. The highest BCUT2D eigenvalue weighted by molar-refractivity contribution is 9.11. The number of hydrogen-bond donors (Lipinski definition) is 1. The summed E-state index contributed by atoms with van der Waals surface area (Å²) in [6.45, 7) is 6.24. The minimum Gasteiger partial charge on any atom is -0.492 e. The Kier molecular flexibility index (Phi) is 6.01. The molecule has 0 aliphatic carbocycles. The van der Waals surface area contributed by atoms with Crippen LogP contribution in [0.3, 0.4) is 0 Å². The van der Waals surface area contributed by atoms with Crippen molar-refractivity contribution in [2.45, 2.75) is 26.9 Å². The van der Waals surface area contributed by atoms with Crippen LogP contribution in [0.1, 0.15) is 22.4 Å². The van der Waals surface area contributed by atoms with Gasteiger partial charge in [-0.25, -0.2) is 4.98 Å². The van der Waals surface area contributed by atoms with E-state index >= 15 is 0 Å². The molecule has 1 heterocycles. The molecular formula is C14H16Br2N2OS. The fourth-order valence-corrected chi connectivity index (χ4v) is 4.05. The smallest absolute Gasteiger partial charge is 0.138 e. The average molecular weight is 420 g/mol. The molecule has 6 heteroatoms. The summed E-state index contributed by atoms with van der Waals surface area (Å²) in [4.78, 5) is 5.50. The molecule has 0 aliphatic rings. The number of nitrogens with zero attached hydrogens (tertiary/aromatic N) is 1. The van der Waals surface area contributed by atoms with Gasteiger partial charge in [-0.2, -0.15) is 0 Å². The Bertz CT molecular complexity index is 587. The van der Waals surface area contributed by atoms with Gasteiger partial charge in [-0.1, -0.05) is 15.9 Å². The normalized spacial score (nSPS) is 10.8. The van der Waals surface area contributed by atoms with Gasteiger partial charge < -0.3 is 10.1 Å². The van der Waals surface area contributed by atoms with Crippen LogP contribution in [0.2, 0.25) is 0 Å². The molecule has 2 rings (SSSR count). The molecule has 0 bridgehead atoms. The summed E-state index contributed by atoms with van der Waals surface area (Å²) in [6, 6.07) is 4.09. The highest BCUT2D eigenvalue weighted by Gasteiger charge is 2.10. The summed E-state index contributed by atoms with van der Waals surface area (Å²) in [7, 11) is 0. The van der Waals surface area contributed by atoms with E-state index < -0.39 is 0 Å². The minimum atomic E-state index is 0.654. The third kappa shape index (κ3) is 4.28. The first-order chi connectivity index (χ1) is 9.60. The number of aromatic nitrogens is 1. The number of ether oxygens (including phenoxy) is 1. The maximum absolute atomic E-state index is 5.71. The molecule has 0 fully saturated rings. The van der Waals surface area contributed by atoms with Crippen molar-refractivity contribution in [1.82, 2.24) is 10.3 Å². The Morgan fingerprint density at radius 3 is 2.75 bits per heavy atom. The Morgan fingerprint density at radius 1 is 1.30 bits per heavy atom. The molecule has 0 spiro atoms. The van der Waals surface area contributed by atoms with Crippen LogP contribution < -0.4 is 10.1 Å². The first kappa shape index (κ1) is 15.9. The first-order valence-corrected chi connectivity index (χ1v) is 8.73. The van der Waals surface area contributed by atoms with Crippen LogP contribution in [0.5, 0.6) is 5.75 Å². The summed E-state index contributed by atoms with van der Waals surface area (Å²) in [5.41, 5.74) is 1.13. The van der Waals surface area contributed by atoms with Gasteiger partial charge >= 0.3 is 0 Å². The van der Waals surface area contributed by atoms with Crippen LogP contribution in [0.4, 0.5) is 0 Å². The zero-order chi connectivity index (χ0) is 14.5. The fourth-order valence-electron chi connectivity index (χ4n) is 1.86. The predicted octanol–water partition coefficient (Wildman–Crippen LogP) is 4.67. The van der Waals surface area contributed by atoms with E-state index in [1.165, 1.54) is 4.88 Å². The highest BCUT2D eigenvalue weighted by atomic mass is 79.9. The van der Waals surface area contributed by atoms with Crippen LogP contribution in [0.15, 0.2) is 27.3 Å². The molecule has 1 N–H and O–H groups in total. The van der Waals surface area contributed by atoms with Crippen LogP contribution in [-0.2, 0) is 13.1 Å². The Balaban J connectivity index is 2.04. The summed E-state index contributed by atoms with van der Waals surface area (Å²) >= 11 is 8.79. The van der Waals surface area contributed by atoms with Crippen LogP contribution in [0, 0.1) is 6.92 Å². The quantitative estimate of drug-likeness (QED) is 0.738. The summed E-state index contributed by atoms with van der Waals surface area (Å²) in [5.74, 6) is 0.906. The van der Waals surface area contributed by atoms with E-state index in [4.69, 9.17) is 4.74 Å². The lowest BCUT2D eigenvalue weighted by atomic mass is 10.2. The first-order valence-electron chi connectivity index (χ1n) is 6.33. The standard InChI is InChI=1S/C14H16Br2N2OS/c1-3-19-14-10(4-11(15)5-13(14)16)6-17-7-12-8-18-9(2)20-12/h4-5,8,17H,3,6-7H2,1-2H3. The van der Waals surface area contributed by atoms with Crippen molar-refractivity contribution in [3.8, 4) is 5.75 Å². The van der Waals surface area contributed by atoms with Gasteiger partial charge in [0.15, 0.2) is 0 Å². The lowest BCUT2D eigenvalue weighted by Crippen LogP contribution is -2.13. The second kappa shape index (κ2) is 7.54. The molecule has 20 heavy (non-hydrogen) atoms. The predicted molar refractivity (Wildman–Crippen MR) is 90.4 cm³/mol. The Hall–Kier alpha value is -0.430. The zero-order valence-corrected chi connectivity index (χ0v) is 15.4. The molecule has 1 aromatic carbocycles. The van der Waals surface area contributed by atoms with Crippen molar-refractivity contribution >= 4 is 43.2 Å².